The van der Waals surface area contributed by atoms with Crippen LogP contribution in [0.5, 0.6) is 0 Å². The number of methoxy groups -OCH3 is 1. The molecular weight excluding hydrogens is 340 g/mol. The zero-order chi connectivity index (χ0) is 18.6. The molecule has 3 heterocycles. The second-order valence-corrected chi connectivity index (χ2v) is 7.97. The number of H-pyrrole nitrogens is 1. The topological polar surface area (TPSA) is 61.5 Å². The Balaban J connectivity index is 1.24. The number of para-hydroxylation sites is 2. The Kier molecular flexibility index (Phi) is 5.74. The third-order valence-corrected chi connectivity index (χ3v) is 6.27. The minimum Gasteiger partial charge on any atom is -0.375 e. The van der Waals surface area contributed by atoms with Gasteiger partial charge in [0.2, 0.25) is 5.91 Å². The van der Waals surface area contributed by atoms with Crippen molar-refractivity contribution in [3.63, 3.8) is 0 Å². The van der Waals surface area contributed by atoms with Crippen LogP contribution in [-0.4, -0.2) is 65.6 Å². The van der Waals surface area contributed by atoms with Gasteiger partial charge in [-0.3, -0.25) is 9.69 Å². The summed E-state index contributed by atoms with van der Waals surface area (Å²) < 4.78 is 4.98. The normalized spacial score (nSPS) is 20.4. The Labute approximate surface area is 160 Å². The van der Waals surface area contributed by atoms with E-state index in [9.17, 15) is 4.79 Å². The maximum absolute atomic E-state index is 11.9. The Morgan fingerprint density at radius 2 is 1.78 bits per heavy atom. The largest absolute Gasteiger partial charge is 0.375 e. The molecule has 146 valence electrons. The molecule has 1 aromatic carbocycles. The number of rotatable bonds is 5. The van der Waals surface area contributed by atoms with Gasteiger partial charge in [0, 0.05) is 20.2 Å². The summed E-state index contributed by atoms with van der Waals surface area (Å²) in [6, 6.07) is 8.23. The predicted molar refractivity (Wildman–Crippen MR) is 105 cm³/mol. The second-order valence-electron chi connectivity index (χ2n) is 7.97. The van der Waals surface area contributed by atoms with Gasteiger partial charge in [-0.05, 0) is 62.7 Å². The summed E-state index contributed by atoms with van der Waals surface area (Å²) in [5, 5.41) is 0. The zero-order valence-corrected chi connectivity index (χ0v) is 16.2. The number of aromatic nitrogens is 2. The SMILES string of the molecule is COCC(=O)N1CCC(C2CCN(Cc3nc4ccccc4[nH]3)CC2)CC1. The van der Waals surface area contributed by atoms with E-state index < -0.39 is 0 Å². The fraction of sp³-hybridized carbons (Fsp3) is 0.619. The third kappa shape index (κ3) is 4.33. The van der Waals surface area contributed by atoms with Crippen molar-refractivity contribution in [3.05, 3.63) is 30.1 Å². The van der Waals surface area contributed by atoms with Crippen LogP contribution in [0.3, 0.4) is 0 Å². The molecule has 6 heteroatoms. The van der Waals surface area contributed by atoms with Gasteiger partial charge in [-0.2, -0.15) is 0 Å². The molecule has 2 fully saturated rings. The lowest BCUT2D eigenvalue weighted by molar-refractivity contribution is -0.136. The number of aromatic amines is 1. The van der Waals surface area contributed by atoms with Crippen molar-refractivity contribution in [1.82, 2.24) is 19.8 Å². The lowest BCUT2D eigenvalue weighted by atomic mass is 9.79. The molecule has 0 radical (unpaired) electrons. The molecule has 2 saturated heterocycles. The summed E-state index contributed by atoms with van der Waals surface area (Å²) in [5.41, 5.74) is 2.18. The number of hydrogen-bond donors (Lipinski definition) is 1. The van der Waals surface area contributed by atoms with Crippen LogP contribution in [-0.2, 0) is 16.1 Å². The quantitative estimate of drug-likeness (QED) is 0.879. The Hall–Kier alpha value is -1.92. The van der Waals surface area contributed by atoms with Crippen molar-refractivity contribution in [3.8, 4) is 0 Å². The van der Waals surface area contributed by atoms with E-state index in [1.54, 1.807) is 7.11 Å². The second kappa shape index (κ2) is 8.40. The fourth-order valence-corrected chi connectivity index (χ4v) is 4.71. The van der Waals surface area contributed by atoms with Gasteiger partial charge in [0.15, 0.2) is 0 Å². The van der Waals surface area contributed by atoms with Crippen molar-refractivity contribution in [2.75, 3.05) is 39.9 Å². The van der Waals surface area contributed by atoms with Crippen LogP contribution in [0.15, 0.2) is 24.3 Å². The minimum atomic E-state index is 0.136. The van der Waals surface area contributed by atoms with Crippen LogP contribution in [0, 0.1) is 11.8 Å². The molecule has 1 amide bonds. The Bertz CT molecular complexity index is 725. The minimum absolute atomic E-state index is 0.136. The summed E-state index contributed by atoms with van der Waals surface area (Å²) in [6.45, 7) is 5.20. The molecule has 0 unspecified atom stereocenters. The third-order valence-electron chi connectivity index (χ3n) is 6.27. The average Bonchev–Trinajstić information content (AvgIpc) is 3.11. The molecule has 0 bridgehead atoms. The molecule has 1 N–H and O–H groups in total. The molecule has 0 spiro atoms. The van der Waals surface area contributed by atoms with Crippen molar-refractivity contribution in [2.45, 2.75) is 32.2 Å². The molecule has 27 heavy (non-hydrogen) atoms. The molecule has 1 aromatic heterocycles. The molecule has 4 rings (SSSR count). The van der Waals surface area contributed by atoms with Gasteiger partial charge >= 0.3 is 0 Å². The summed E-state index contributed by atoms with van der Waals surface area (Å²) in [6.07, 6.45) is 4.81. The number of ether oxygens (including phenoxy) is 1. The van der Waals surface area contributed by atoms with Crippen LogP contribution in [0.2, 0.25) is 0 Å². The highest BCUT2D eigenvalue weighted by Gasteiger charge is 2.30. The molecule has 2 aromatic rings. The summed E-state index contributed by atoms with van der Waals surface area (Å²) in [7, 11) is 1.59. The van der Waals surface area contributed by atoms with Crippen LogP contribution in [0.25, 0.3) is 11.0 Å². The Morgan fingerprint density at radius 3 is 2.44 bits per heavy atom. The first kappa shape index (κ1) is 18.4. The lowest BCUT2D eigenvalue weighted by Gasteiger charge is -2.40. The summed E-state index contributed by atoms with van der Waals surface area (Å²) in [4.78, 5) is 24.6. The summed E-state index contributed by atoms with van der Waals surface area (Å²) in [5.74, 6) is 2.78. The number of hydrogen-bond acceptors (Lipinski definition) is 4. The van der Waals surface area contributed by atoms with Gasteiger partial charge in [0.1, 0.15) is 12.4 Å². The number of nitrogens with one attached hydrogen (secondary N) is 1. The number of imidazole rings is 1. The number of nitrogens with zero attached hydrogens (tertiary/aromatic N) is 3. The highest BCUT2D eigenvalue weighted by atomic mass is 16.5. The molecule has 6 nitrogen and oxygen atoms in total. The van der Waals surface area contributed by atoms with Gasteiger partial charge in [-0.15, -0.1) is 0 Å². The van der Waals surface area contributed by atoms with Crippen LogP contribution in [0.4, 0.5) is 0 Å². The van der Waals surface area contributed by atoms with E-state index in [4.69, 9.17) is 9.72 Å². The van der Waals surface area contributed by atoms with E-state index in [1.807, 2.05) is 17.0 Å². The lowest BCUT2D eigenvalue weighted by Crippen LogP contribution is -2.43. The van der Waals surface area contributed by atoms with Crippen LogP contribution >= 0.6 is 0 Å². The van der Waals surface area contributed by atoms with E-state index >= 15 is 0 Å². The van der Waals surface area contributed by atoms with Crippen LogP contribution in [0.1, 0.15) is 31.5 Å². The highest BCUT2D eigenvalue weighted by molar-refractivity contribution is 5.77. The number of piperidine rings is 2. The first-order chi connectivity index (χ1) is 13.2. The van der Waals surface area contributed by atoms with E-state index in [0.717, 1.165) is 74.3 Å². The van der Waals surface area contributed by atoms with Crippen molar-refractivity contribution in [1.29, 1.82) is 0 Å². The van der Waals surface area contributed by atoms with Crippen molar-refractivity contribution < 1.29 is 9.53 Å². The summed E-state index contributed by atoms with van der Waals surface area (Å²) >= 11 is 0. The van der Waals surface area contributed by atoms with E-state index in [2.05, 4.69) is 22.0 Å². The smallest absolute Gasteiger partial charge is 0.248 e. The maximum atomic E-state index is 11.9. The standard InChI is InChI=1S/C21H30N4O2/c1-27-15-21(26)25-12-8-17(9-13-25)16-6-10-24(11-7-16)14-20-22-18-4-2-3-5-19(18)23-20/h2-5,16-17H,6-15H2,1H3,(H,22,23). The van der Waals surface area contributed by atoms with Crippen molar-refractivity contribution >= 4 is 16.9 Å². The van der Waals surface area contributed by atoms with Crippen LogP contribution < -0.4 is 0 Å². The Morgan fingerprint density at radius 1 is 1.11 bits per heavy atom. The molecule has 2 aliphatic heterocycles. The predicted octanol–water partition coefficient (Wildman–Crippen LogP) is 2.66. The number of carbonyl (C=O) groups excluding carboxylic acids is 1. The number of carbonyl (C=O) groups is 1. The van der Waals surface area contributed by atoms with Gasteiger partial charge in [0.25, 0.3) is 0 Å². The maximum Gasteiger partial charge on any atom is 0.248 e. The molecular formula is C21H30N4O2. The molecule has 0 aliphatic carbocycles. The first-order valence-electron chi connectivity index (χ1n) is 10.2. The van der Waals surface area contributed by atoms with E-state index in [-0.39, 0.29) is 12.5 Å². The van der Waals surface area contributed by atoms with E-state index in [1.165, 1.54) is 12.8 Å². The number of amides is 1. The van der Waals surface area contributed by atoms with Gasteiger partial charge in [0.05, 0.1) is 17.6 Å². The first-order valence-corrected chi connectivity index (χ1v) is 10.2. The fourth-order valence-electron chi connectivity index (χ4n) is 4.71. The zero-order valence-electron chi connectivity index (χ0n) is 16.2. The highest BCUT2D eigenvalue weighted by Crippen LogP contribution is 2.32. The molecule has 0 saturated carbocycles. The average molecular weight is 370 g/mol. The van der Waals surface area contributed by atoms with E-state index in [0.29, 0.717) is 0 Å². The monoisotopic (exact) mass is 370 g/mol. The van der Waals surface area contributed by atoms with Crippen molar-refractivity contribution in [2.24, 2.45) is 11.8 Å². The number of likely N-dealkylation sites (tertiary alicyclic amines) is 2. The number of benzene rings is 1. The molecule has 2 aliphatic rings. The van der Waals surface area contributed by atoms with Gasteiger partial charge < -0.3 is 14.6 Å². The van der Waals surface area contributed by atoms with Gasteiger partial charge in [-0.1, -0.05) is 12.1 Å². The number of fused-ring (bicyclic) bond motifs is 1. The van der Waals surface area contributed by atoms with Gasteiger partial charge in [-0.25, -0.2) is 4.98 Å². The molecule has 0 atom stereocenters.